The fraction of sp³-hybridized carbons (Fsp3) is 0.632. The molecule has 0 aromatic heterocycles. The van der Waals surface area contributed by atoms with E-state index in [0.29, 0.717) is 18.0 Å². The number of likely N-dealkylation sites (N-methyl/N-ethyl adjacent to an activating group) is 1. The molecule has 0 spiro atoms. The van der Waals surface area contributed by atoms with E-state index in [-0.39, 0.29) is 12.1 Å². The second-order valence-corrected chi connectivity index (χ2v) is 7.55. The molecule has 0 saturated carbocycles. The molecule has 2 amide bonds. The average molecular weight is 392 g/mol. The minimum absolute atomic E-state index is 0.297. The summed E-state index contributed by atoms with van der Waals surface area (Å²) in [4.78, 5) is 17.0. The molecule has 3 aliphatic rings. The Kier molecular flexibility index (Phi) is 5.70. The molecule has 2 bridgehead atoms. The first kappa shape index (κ1) is 19.4. The molecular weight excluding hydrogens is 364 g/mol. The van der Waals surface area contributed by atoms with Crippen LogP contribution in [-0.2, 0) is 9.47 Å². The van der Waals surface area contributed by atoms with E-state index in [1.807, 2.05) is 0 Å². The maximum absolute atomic E-state index is 12.5. The Morgan fingerprint density at radius 1 is 1.29 bits per heavy atom. The molecule has 3 saturated heterocycles. The second kappa shape index (κ2) is 8.22. The molecule has 0 radical (unpaired) electrons. The Morgan fingerprint density at radius 3 is 2.82 bits per heavy atom. The molecule has 9 heteroatoms. The highest BCUT2D eigenvalue weighted by Gasteiger charge is 2.52. The number of hydrogen-bond acceptors (Lipinski definition) is 7. The average Bonchev–Trinajstić information content (AvgIpc) is 3.12. The molecule has 3 aliphatic heterocycles. The molecule has 0 aliphatic carbocycles. The Labute approximate surface area is 164 Å². The first-order chi connectivity index (χ1) is 13.5. The zero-order valence-corrected chi connectivity index (χ0v) is 16.2. The van der Waals surface area contributed by atoms with E-state index in [4.69, 9.17) is 14.2 Å². The molecule has 1 aromatic carbocycles. The maximum atomic E-state index is 12.5. The van der Waals surface area contributed by atoms with Gasteiger partial charge in [0.15, 0.2) is 6.29 Å². The molecular formula is C19H28N4O5. The number of nitrogens with zero attached hydrogens (tertiary/aromatic N) is 2. The van der Waals surface area contributed by atoms with E-state index in [9.17, 15) is 9.90 Å². The third-order valence-electron chi connectivity index (χ3n) is 5.72. The molecule has 0 unspecified atom stereocenters. The zero-order valence-electron chi connectivity index (χ0n) is 16.2. The number of carbonyl (C=O) groups excluding carboxylic acids is 1. The highest BCUT2D eigenvalue weighted by atomic mass is 16.7. The molecule has 5 atom stereocenters. The monoisotopic (exact) mass is 392 g/mol. The van der Waals surface area contributed by atoms with Crippen LogP contribution in [0.25, 0.3) is 0 Å². The molecule has 3 heterocycles. The number of ether oxygens (including phenoxy) is 3. The summed E-state index contributed by atoms with van der Waals surface area (Å²) < 4.78 is 16.9. The maximum Gasteiger partial charge on any atom is 0.319 e. The van der Waals surface area contributed by atoms with Crippen molar-refractivity contribution in [2.24, 2.45) is 0 Å². The van der Waals surface area contributed by atoms with Gasteiger partial charge in [-0.05, 0) is 19.2 Å². The van der Waals surface area contributed by atoms with Crippen LogP contribution in [0.2, 0.25) is 0 Å². The summed E-state index contributed by atoms with van der Waals surface area (Å²) in [6.07, 6.45) is -1.59. The van der Waals surface area contributed by atoms with Gasteiger partial charge in [-0.3, -0.25) is 4.90 Å². The summed E-state index contributed by atoms with van der Waals surface area (Å²) in [6.45, 7) is 3.86. The number of aliphatic hydroxyl groups is 1. The number of methoxy groups -OCH3 is 1. The van der Waals surface area contributed by atoms with E-state index >= 15 is 0 Å². The fourth-order valence-electron chi connectivity index (χ4n) is 4.11. The van der Waals surface area contributed by atoms with E-state index in [0.717, 1.165) is 26.2 Å². The summed E-state index contributed by atoms with van der Waals surface area (Å²) in [7, 11) is 3.66. The molecule has 3 fully saturated rings. The standard InChI is InChI=1S/C19H28N4O5/c1-22-6-8-23(9-7-22)16-17(24)15(14-11-27-18(16)28-14)21-19(25)20-12-4-3-5-13(10-12)26-2/h3-5,10,14-18,24H,6-9,11H2,1-2H3,(H2,20,21,25)/t14-,15-,16-,17+,18-/m1/s1. The number of amides is 2. The zero-order chi connectivity index (χ0) is 19.7. The van der Waals surface area contributed by atoms with Crippen LogP contribution in [0, 0.1) is 0 Å². The number of anilines is 1. The van der Waals surface area contributed by atoms with Crippen molar-refractivity contribution in [3.8, 4) is 5.75 Å². The number of carbonyl (C=O) groups is 1. The lowest BCUT2D eigenvalue weighted by atomic mass is 9.94. The van der Waals surface area contributed by atoms with Gasteiger partial charge in [-0.25, -0.2) is 4.79 Å². The quantitative estimate of drug-likeness (QED) is 0.660. The van der Waals surface area contributed by atoms with Crippen molar-refractivity contribution >= 4 is 11.7 Å². The molecule has 28 heavy (non-hydrogen) atoms. The van der Waals surface area contributed by atoms with Crippen LogP contribution in [0.15, 0.2) is 24.3 Å². The third-order valence-corrected chi connectivity index (χ3v) is 5.72. The first-order valence-electron chi connectivity index (χ1n) is 9.64. The summed E-state index contributed by atoms with van der Waals surface area (Å²) >= 11 is 0. The number of piperazine rings is 1. The van der Waals surface area contributed by atoms with Crippen molar-refractivity contribution < 1.29 is 24.1 Å². The van der Waals surface area contributed by atoms with Gasteiger partial charge in [0.2, 0.25) is 0 Å². The van der Waals surface area contributed by atoms with Gasteiger partial charge in [-0.2, -0.15) is 0 Å². The van der Waals surface area contributed by atoms with Gasteiger partial charge in [-0.15, -0.1) is 0 Å². The fourth-order valence-corrected chi connectivity index (χ4v) is 4.11. The van der Waals surface area contributed by atoms with Crippen LogP contribution in [0.1, 0.15) is 0 Å². The van der Waals surface area contributed by atoms with Gasteiger partial charge >= 0.3 is 6.03 Å². The normalized spacial score (nSPS) is 33.5. The van der Waals surface area contributed by atoms with E-state index in [1.165, 1.54) is 0 Å². The summed E-state index contributed by atoms with van der Waals surface area (Å²) in [5.41, 5.74) is 0.610. The van der Waals surface area contributed by atoms with Gasteiger partial charge in [0.25, 0.3) is 0 Å². The van der Waals surface area contributed by atoms with E-state index in [1.54, 1.807) is 31.4 Å². The van der Waals surface area contributed by atoms with Crippen LogP contribution < -0.4 is 15.4 Å². The van der Waals surface area contributed by atoms with Crippen molar-refractivity contribution in [1.29, 1.82) is 0 Å². The lowest BCUT2D eigenvalue weighted by Gasteiger charge is -2.46. The first-order valence-corrected chi connectivity index (χ1v) is 9.64. The van der Waals surface area contributed by atoms with Crippen molar-refractivity contribution in [3.63, 3.8) is 0 Å². The van der Waals surface area contributed by atoms with Gasteiger partial charge in [0.1, 0.15) is 11.9 Å². The van der Waals surface area contributed by atoms with Gasteiger partial charge in [0.05, 0.1) is 31.9 Å². The van der Waals surface area contributed by atoms with Gasteiger partial charge in [0, 0.05) is 37.9 Å². The lowest BCUT2D eigenvalue weighted by Crippen LogP contribution is -2.67. The molecule has 9 nitrogen and oxygen atoms in total. The van der Waals surface area contributed by atoms with Crippen molar-refractivity contribution in [2.45, 2.75) is 30.6 Å². The smallest absolute Gasteiger partial charge is 0.319 e. The number of benzene rings is 1. The van der Waals surface area contributed by atoms with Gasteiger partial charge in [-0.1, -0.05) is 6.07 Å². The molecule has 4 rings (SSSR count). The Bertz CT molecular complexity index is 697. The largest absolute Gasteiger partial charge is 0.497 e. The Morgan fingerprint density at radius 2 is 2.07 bits per heavy atom. The number of rotatable bonds is 4. The number of hydrogen-bond donors (Lipinski definition) is 3. The van der Waals surface area contributed by atoms with E-state index < -0.39 is 24.5 Å². The van der Waals surface area contributed by atoms with Crippen LogP contribution in [0.5, 0.6) is 5.75 Å². The predicted molar refractivity (Wildman–Crippen MR) is 102 cm³/mol. The summed E-state index contributed by atoms with van der Waals surface area (Å²) in [6, 6.07) is 5.86. The predicted octanol–water partition coefficient (Wildman–Crippen LogP) is -0.0827. The SMILES string of the molecule is COc1cccc(NC(=O)N[C@H]2[C@H](O)[C@@H](N3CCN(C)CC3)[C@@H]3OC[C@H]2O3)c1. The van der Waals surface area contributed by atoms with Crippen LogP contribution >= 0.6 is 0 Å². The van der Waals surface area contributed by atoms with Crippen LogP contribution in [0.4, 0.5) is 10.5 Å². The highest BCUT2D eigenvalue weighted by Crippen LogP contribution is 2.32. The number of urea groups is 1. The number of fused-ring (bicyclic) bond motifs is 2. The van der Waals surface area contributed by atoms with E-state index in [2.05, 4.69) is 27.5 Å². The molecule has 154 valence electrons. The van der Waals surface area contributed by atoms with Crippen LogP contribution in [-0.4, -0.2) is 98.5 Å². The molecule has 1 aromatic rings. The topological polar surface area (TPSA) is 95.5 Å². The summed E-state index contributed by atoms with van der Waals surface area (Å²) in [5, 5.41) is 16.7. The number of nitrogens with one attached hydrogen (secondary N) is 2. The lowest BCUT2D eigenvalue weighted by molar-refractivity contribution is -0.184. The van der Waals surface area contributed by atoms with Crippen molar-refractivity contribution in [3.05, 3.63) is 24.3 Å². The second-order valence-electron chi connectivity index (χ2n) is 7.55. The van der Waals surface area contributed by atoms with Crippen molar-refractivity contribution in [1.82, 2.24) is 15.1 Å². The van der Waals surface area contributed by atoms with Gasteiger partial charge < -0.3 is 34.9 Å². The van der Waals surface area contributed by atoms with Crippen molar-refractivity contribution in [2.75, 3.05) is 52.3 Å². The van der Waals surface area contributed by atoms with Crippen LogP contribution in [0.3, 0.4) is 0 Å². The minimum Gasteiger partial charge on any atom is -0.497 e. The number of aliphatic hydroxyl groups excluding tert-OH is 1. The molecule has 3 N–H and O–H groups in total. The highest BCUT2D eigenvalue weighted by molar-refractivity contribution is 5.89. The summed E-state index contributed by atoms with van der Waals surface area (Å²) in [5.74, 6) is 0.654. The Balaban J connectivity index is 1.42. The Hall–Kier alpha value is -1.91. The third kappa shape index (κ3) is 3.94. The minimum atomic E-state index is -0.772.